The molecule has 1 aliphatic heterocycles. The van der Waals surface area contributed by atoms with Crippen molar-refractivity contribution in [2.24, 2.45) is 23.7 Å². The van der Waals surface area contributed by atoms with E-state index in [4.69, 9.17) is 18.9 Å². The lowest BCUT2D eigenvalue weighted by Crippen LogP contribution is -2.59. The van der Waals surface area contributed by atoms with E-state index in [0.29, 0.717) is 89.6 Å². The van der Waals surface area contributed by atoms with E-state index in [1.54, 1.807) is 0 Å². The monoisotopic (exact) mass is 1160 g/mol. The van der Waals surface area contributed by atoms with Gasteiger partial charge in [0.2, 0.25) is 0 Å². The van der Waals surface area contributed by atoms with Crippen LogP contribution in [0.25, 0.3) is 0 Å². The molecule has 9 nitrogen and oxygen atoms in total. The average Bonchev–Trinajstić information content (AvgIpc) is 0.999. The van der Waals surface area contributed by atoms with Crippen LogP contribution in [0.1, 0.15) is 195 Å². The van der Waals surface area contributed by atoms with Crippen LogP contribution in [0.4, 0.5) is 35.1 Å². The van der Waals surface area contributed by atoms with E-state index in [2.05, 4.69) is 91.4 Å². The van der Waals surface area contributed by atoms with E-state index >= 15 is 0 Å². The summed E-state index contributed by atoms with van der Waals surface area (Å²) < 4.78 is 129. The summed E-state index contributed by atoms with van der Waals surface area (Å²) >= 11 is 0. The summed E-state index contributed by atoms with van der Waals surface area (Å²) in [5.41, 5.74) is 6.88. The number of hydrogen-bond acceptors (Lipinski definition) is 9. The molecule has 8 aliphatic rings. The van der Waals surface area contributed by atoms with Crippen LogP contribution in [0, 0.1) is 44.4 Å². The van der Waals surface area contributed by atoms with Gasteiger partial charge in [0, 0.05) is 34.3 Å². The fourth-order valence-electron chi connectivity index (χ4n) is 14.2. The van der Waals surface area contributed by atoms with E-state index < -0.39 is 53.2 Å². The second-order valence-corrected chi connectivity index (χ2v) is 25.3. The Morgan fingerprint density at radius 3 is 1.55 bits per heavy atom. The number of ether oxygens (including phenoxy) is 5. The summed E-state index contributed by atoms with van der Waals surface area (Å²) in [5.74, 6) is -16.8. The van der Waals surface area contributed by atoms with Crippen LogP contribution in [-0.4, -0.2) is 84.7 Å². The molecule has 7 unspecified atom stereocenters. The molecule has 4 bridgehead atoms. The molecule has 7 atom stereocenters. The van der Waals surface area contributed by atoms with E-state index in [9.17, 15) is 54.3 Å². The normalized spacial score (nSPS) is 29.6. The van der Waals surface area contributed by atoms with Crippen molar-refractivity contribution < 1.29 is 78.0 Å². The summed E-state index contributed by atoms with van der Waals surface area (Å²) in [6.07, 6.45) is 16.3. The van der Waals surface area contributed by atoms with Gasteiger partial charge >= 0.3 is 47.6 Å². The molecule has 0 radical (unpaired) electrons. The topological polar surface area (TPSA) is 114 Å². The zero-order valence-electron chi connectivity index (χ0n) is 48.7. The molecule has 7 aliphatic carbocycles. The van der Waals surface area contributed by atoms with Gasteiger partial charge < -0.3 is 23.7 Å². The number of hydrogen-bond donors (Lipinski definition) is 0. The van der Waals surface area contributed by atoms with Crippen LogP contribution in [0.3, 0.4) is 0 Å². The Morgan fingerprint density at radius 1 is 0.524 bits per heavy atom. The van der Waals surface area contributed by atoms with Crippen molar-refractivity contribution >= 4 is 23.9 Å². The van der Waals surface area contributed by atoms with Crippen LogP contribution in [-0.2, 0) is 48.3 Å². The number of carbonyl (C=O) groups is 4. The standard InChI is InChI=1S/C20H24F2O2.C20H26F2O2.C16H20F2O2.C9H14F2O3/c1-13-3-5-16(6-4-13)19-8-14-7-15(9-19)11-20(10-14,12-19)24-17(23)18(2,21)22;1-13-9-11-14(12-10-13)15-5-3-7-17-16(15)6-4-8-18(17)24-19(23)20(2,21)22;1-11-3-5-12(6-4-11)13-7-9-14(10-8-13)20-15(19)16(2,17)18;1-9(10,11)8(12)14-6-7-4-2-3-5-13-7/h3-6,14-15H,7-12H2,1-2H3;9-12,15-18H,3-8H2,1-2H3;3-6,13-14H,7-10H2,1-2H3;7H,2-6H2,1H3. The van der Waals surface area contributed by atoms with Crippen LogP contribution in [0.2, 0.25) is 0 Å². The van der Waals surface area contributed by atoms with E-state index in [-0.39, 0.29) is 36.3 Å². The third-order valence-electron chi connectivity index (χ3n) is 18.0. The molecule has 3 aromatic carbocycles. The van der Waals surface area contributed by atoms with Gasteiger partial charge in [0.05, 0.1) is 6.10 Å². The number of rotatable bonds is 12. The maximum atomic E-state index is 13.4. The van der Waals surface area contributed by atoms with Crippen molar-refractivity contribution in [3.63, 3.8) is 0 Å². The summed E-state index contributed by atoms with van der Waals surface area (Å²) in [5, 5.41) is 0. The second kappa shape index (κ2) is 26.9. The number of alkyl halides is 8. The van der Waals surface area contributed by atoms with Gasteiger partial charge in [-0.1, -0.05) is 95.9 Å². The predicted octanol–water partition coefficient (Wildman–Crippen LogP) is 16.0. The minimum atomic E-state index is -3.42. The number of halogens is 8. The van der Waals surface area contributed by atoms with Crippen LogP contribution >= 0.6 is 0 Å². The first-order valence-electron chi connectivity index (χ1n) is 29.6. The van der Waals surface area contributed by atoms with Crippen molar-refractivity contribution in [3.8, 4) is 0 Å². The van der Waals surface area contributed by atoms with Crippen LogP contribution < -0.4 is 0 Å². The molecule has 454 valence electrons. The van der Waals surface area contributed by atoms with Gasteiger partial charge in [0.25, 0.3) is 0 Å². The van der Waals surface area contributed by atoms with Gasteiger partial charge in [0.1, 0.15) is 24.4 Å². The van der Waals surface area contributed by atoms with Crippen LogP contribution in [0.15, 0.2) is 72.8 Å². The molecule has 0 amide bonds. The Hall–Kier alpha value is -5.06. The summed E-state index contributed by atoms with van der Waals surface area (Å²) in [4.78, 5) is 45.3. The molecule has 1 saturated heterocycles. The molecular weight excluding hydrogens is 1080 g/mol. The Kier molecular flexibility index (Phi) is 21.2. The first-order chi connectivity index (χ1) is 38.4. The molecule has 0 aromatic heterocycles. The fraction of sp³-hybridized carbons (Fsp3) is 0.662. The molecule has 11 rings (SSSR count). The van der Waals surface area contributed by atoms with Crippen molar-refractivity contribution in [2.75, 3.05) is 13.2 Å². The highest BCUT2D eigenvalue weighted by Crippen LogP contribution is 2.63. The van der Waals surface area contributed by atoms with Gasteiger partial charge in [-0.05, 0) is 194 Å². The lowest BCUT2D eigenvalue weighted by molar-refractivity contribution is -0.211. The molecule has 0 N–H and O–H groups in total. The van der Waals surface area contributed by atoms with E-state index in [0.717, 1.165) is 96.3 Å². The molecule has 7 saturated carbocycles. The van der Waals surface area contributed by atoms with E-state index in [1.165, 1.54) is 33.4 Å². The predicted molar refractivity (Wildman–Crippen MR) is 294 cm³/mol. The number of esters is 4. The summed E-state index contributed by atoms with van der Waals surface area (Å²) in [6, 6.07) is 25.6. The van der Waals surface area contributed by atoms with Gasteiger partial charge in [-0.3, -0.25) is 0 Å². The maximum Gasteiger partial charge on any atom is 0.377 e. The molecule has 17 heteroatoms. The molecule has 0 spiro atoms. The lowest BCUT2D eigenvalue weighted by atomic mass is 9.46. The highest BCUT2D eigenvalue weighted by molar-refractivity contribution is 5.78. The smallest absolute Gasteiger partial charge is 0.377 e. The Morgan fingerprint density at radius 2 is 1.02 bits per heavy atom. The SMILES string of the molecule is CC(F)(F)C(=O)OCC1CCCCO1.Cc1ccc(C23CC4CC(CC(OC(=O)C(C)(F)F)(C4)C2)C3)cc1.Cc1ccc(C2CCC(OC(=O)C(C)(F)F)CC2)cc1.Cc1ccc(C2CCCC3C(OC(=O)C(C)(F)F)CCCC23)cc1. The van der Waals surface area contributed by atoms with Crippen molar-refractivity contribution in [3.05, 3.63) is 106 Å². The maximum absolute atomic E-state index is 13.4. The Balaban J connectivity index is 0.000000160. The van der Waals surface area contributed by atoms with Crippen molar-refractivity contribution in [1.29, 1.82) is 0 Å². The number of fused-ring (bicyclic) bond motifs is 1. The highest BCUT2D eigenvalue weighted by atomic mass is 19.3. The van der Waals surface area contributed by atoms with Crippen molar-refractivity contribution in [2.45, 2.75) is 235 Å². The Bertz CT molecular complexity index is 2560. The summed E-state index contributed by atoms with van der Waals surface area (Å²) in [6.45, 7) is 9.09. The fourth-order valence-corrected chi connectivity index (χ4v) is 14.2. The second-order valence-electron chi connectivity index (χ2n) is 25.3. The van der Waals surface area contributed by atoms with Gasteiger partial charge in [-0.2, -0.15) is 35.1 Å². The average molecular weight is 1160 g/mol. The third-order valence-corrected chi connectivity index (χ3v) is 18.0. The lowest BCUT2D eigenvalue weighted by Gasteiger charge is -2.61. The van der Waals surface area contributed by atoms with E-state index in [1.807, 2.05) is 6.92 Å². The number of aryl methyl sites for hydroxylation is 3. The molecular formula is C65H84F8O9. The molecule has 82 heavy (non-hydrogen) atoms. The van der Waals surface area contributed by atoms with Gasteiger partial charge in [0.15, 0.2) is 0 Å². The largest absolute Gasteiger partial charge is 0.459 e. The number of benzene rings is 3. The summed E-state index contributed by atoms with van der Waals surface area (Å²) in [7, 11) is 0. The molecule has 1 heterocycles. The first kappa shape index (κ1) is 64.5. The third kappa shape index (κ3) is 17.5. The molecule has 3 aromatic rings. The minimum Gasteiger partial charge on any atom is -0.459 e. The van der Waals surface area contributed by atoms with Gasteiger partial charge in [-0.25, -0.2) is 19.2 Å². The van der Waals surface area contributed by atoms with Gasteiger partial charge in [-0.15, -0.1) is 0 Å². The number of carbonyl (C=O) groups excluding carboxylic acids is 4. The first-order valence-corrected chi connectivity index (χ1v) is 29.6. The minimum absolute atomic E-state index is 0.0128. The molecule has 8 fully saturated rings. The zero-order valence-corrected chi connectivity index (χ0v) is 48.7. The van der Waals surface area contributed by atoms with Crippen LogP contribution in [0.5, 0.6) is 0 Å². The Labute approximate surface area is 478 Å². The quantitative estimate of drug-likeness (QED) is 0.0993. The van der Waals surface area contributed by atoms with Crippen molar-refractivity contribution in [1.82, 2.24) is 0 Å². The zero-order chi connectivity index (χ0) is 59.8. The highest BCUT2D eigenvalue weighted by Gasteiger charge is 2.61.